The first-order valence-corrected chi connectivity index (χ1v) is 6.28. The molecule has 20 heavy (non-hydrogen) atoms. The summed E-state index contributed by atoms with van der Waals surface area (Å²) in [4.78, 5) is 22.8. The maximum Gasteiger partial charge on any atom is 0.326 e. The van der Waals surface area contributed by atoms with E-state index in [4.69, 9.17) is 15.1 Å². The summed E-state index contributed by atoms with van der Waals surface area (Å²) in [5, 5.41) is 23.0. The molecule has 0 rings (SSSR count). The number of ether oxygens (including phenoxy) is 1. The fraction of sp³-hybridized carbons (Fsp3) is 0.615. The lowest BCUT2D eigenvalue weighted by molar-refractivity contribution is -0.141. The van der Waals surface area contributed by atoms with Crippen molar-refractivity contribution >= 4 is 11.9 Å². The zero-order valence-corrected chi connectivity index (χ0v) is 12.0. The number of carboxylic acid groups (broad SMARTS) is 1. The summed E-state index contributed by atoms with van der Waals surface area (Å²) in [6.45, 7) is 4.59. The molecule has 0 aliphatic rings. The second kappa shape index (κ2) is 9.81. The summed E-state index contributed by atoms with van der Waals surface area (Å²) >= 11 is 0. The van der Waals surface area contributed by atoms with Crippen LogP contribution in [-0.4, -0.2) is 43.3 Å². The first-order valence-electron chi connectivity index (χ1n) is 6.28. The first-order chi connectivity index (χ1) is 9.42. The third-order valence-corrected chi connectivity index (χ3v) is 2.37. The van der Waals surface area contributed by atoms with Crippen LogP contribution in [0.15, 0.2) is 11.8 Å². The van der Waals surface area contributed by atoms with Crippen molar-refractivity contribution in [3.63, 3.8) is 0 Å². The minimum atomic E-state index is -1.11. The Morgan fingerprint density at radius 2 is 2.10 bits per heavy atom. The SMILES string of the molecule is COCCN/C=C(/C#N)C(=O)NC(CC(C)C)C(=O)O. The molecule has 7 nitrogen and oxygen atoms in total. The number of methoxy groups -OCH3 is 1. The monoisotopic (exact) mass is 283 g/mol. The number of amides is 1. The van der Waals surface area contributed by atoms with Gasteiger partial charge in [0.15, 0.2) is 0 Å². The van der Waals surface area contributed by atoms with Crippen LogP contribution in [0.2, 0.25) is 0 Å². The largest absolute Gasteiger partial charge is 0.480 e. The lowest BCUT2D eigenvalue weighted by atomic mass is 10.0. The van der Waals surface area contributed by atoms with E-state index in [1.807, 2.05) is 13.8 Å². The van der Waals surface area contributed by atoms with E-state index in [0.29, 0.717) is 19.6 Å². The van der Waals surface area contributed by atoms with E-state index in [9.17, 15) is 9.59 Å². The van der Waals surface area contributed by atoms with E-state index in [0.717, 1.165) is 0 Å². The number of nitriles is 1. The summed E-state index contributed by atoms with van der Waals surface area (Å²) in [5.74, 6) is -1.70. The zero-order valence-electron chi connectivity index (χ0n) is 12.0. The van der Waals surface area contributed by atoms with E-state index in [-0.39, 0.29) is 11.5 Å². The lowest BCUT2D eigenvalue weighted by Gasteiger charge is -2.16. The van der Waals surface area contributed by atoms with E-state index in [1.165, 1.54) is 13.3 Å². The number of carbonyl (C=O) groups excluding carboxylic acids is 1. The van der Waals surface area contributed by atoms with Crippen LogP contribution in [0.1, 0.15) is 20.3 Å². The summed E-state index contributed by atoms with van der Waals surface area (Å²) in [7, 11) is 1.53. The number of aliphatic carboxylic acids is 1. The molecule has 0 aromatic carbocycles. The quantitative estimate of drug-likeness (QED) is 0.317. The van der Waals surface area contributed by atoms with Gasteiger partial charge < -0.3 is 20.5 Å². The molecule has 7 heteroatoms. The molecule has 0 saturated carbocycles. The Labute approximate surface area is 118 Å². The fourth-order valence-corrected chi connectivity index (χ4v) is 1.41. The topological polar surface area (TPSA) is 111 Å². The molecule has 0 aliphatic carbocycles. The molecule has 1 atom stereocenters. The van der Waals surface area contributed by atoms with Crippen molar-refractivity contribution in [3.8, 4) is 6.07 Å². The number of nitrogens with zero attached hydrogens (tertiary/aromatic N) is 1. The molecule has 112 valence electrons. The number of hydrogen-bond acceptors (Lipinski definition) is 5. The molecule has 0 aromatic heterocycles. The minimum Gasteiger partial charge on any atom is -0.480 e. The number of hydrogen-bond donors (Lipinski definition) is 3. The van der Waals surface area contributed by atoms with E-state index in [2.05, 4.69) is 10.6 Å². The van der Waals surface area contributed by atoms with E-state index in [1.54, 1.807) is 6.07 Å². The molecule has 0 spiro atoms. The van der Waals surface area contributed by atoms with Gasteiger partial charge in [0.05, 0.1) is 6.61 Å². The van der Waals surface area contributed by atoms with Crippen LogP contribution < -0.4 is 10.6 Å². The van der Waals surface area contributed by atoms with Crippen LogP contribution in [-0.2, 0) is 14.3 Å². The van der Waals surface area contributed by atoms with Crippen LogP contribution >= 0.6 is 0 Å². The minimum absolute atomic E-state index is 0.116. The molecule has 1 unspecified atom stereocenters. The average Bonchev–Trinajstić information content (AvgIpc) is 2.37. The number of carbonyl (C=O) groups is 2. The van der Waals surface area contributed by atoms with Gasteiger partial charge in [-0.3, -0.25) is 4.79 Å². The Balaban J connectivity index is 4.59. The third-order valence-electron chi connectivity index (χ3n) is 2.37. The Morgan fingerprint density at radius 3 is 2.55 bits per heavy atom. The second-order valence-electron chi connectivity index (χ2n) is 4.61. The predicted molar refractivity (Wildman–Crippen MR) is 72.6 cm³/mol. The molecule has 0 saturated heterocycles. The lowest BCUT2D eigenvalue weighted by Crippen LogP contribution is -2.42. The van der Waals surface area contributed by atoms with Gasteiger partial charge in [-0.05, 0) is 12.3 Å². The van der Waals surface area contributed by atoms with E-state index < -0.39 is 17.9 Å². The highest BCUT2D eigenvalue weighted by atomic mass is 16.5. The molecule has 0 fully saturated rings. The highest BCUT2D eigenvalue weighted by Crippen LogP contribution is 2.06. The van der Waals surface area contributed by atoms with E-state index >= 15 is 0 Å². The van der Waals surface area contributed by atoms with Crippen molar-refractivity contribution in [2.45, 2.75) is 26.3 Å². The van der Waals surface area contributed by atoms with Gasteiger partial charge in [-0.25, -0.2) is 4.79 Å². The normalized spacial score (nSPS) is 12.7. The van der Waals surface area contributed by atoms with Crippen LogP contribution in [0.5, 0.6) is 0 Å². The third kappa shape index (κ3) is 7.38. The van der Waals surface area contributed by atoms with Gasteiger partial charge in [-0.1, -0.05) is 13.8 Å². The molecule has 0 aliphatic heterocycles. The molecular weight excluding hydrogens is 262 g/mol. The maximum atomic E-state index is 11.8. The van der Waals surface area contributed by atoms with Gasteiger partial charge in [0.25, 0.3) is 5.91 Å². The fourth-order valence-electron chi connectivity index (χ4n) is 1.41. The van der Waals surface area contributed by atoms with Crippen molar-refractivity contribution in [2.75, 3.05) is 20.3 Å². The maximum absolute atomic E-state index is 11.8. The Hall–Kier alpha value is -2.07. The van der Waals surface area contributed by atoms with Crippen molar-refractivity contribution in [1.82, 2.24) is 10.6 Å². The summed E-state index contributed by atoms with van der Waals surface area (Å²) in [5.41, 5.74) is -0.170. The molecule has 0 radical (unpaired) electrons. The molecular formula is C13H21N3O4. The number of carboxylic acids is 1. The Kier molecular flexibility index (Phi) is 8.79. The Bertz CT molecular complexity index is 399. The van der Waals surface area contributed by atoms with Crippen LogP contribution in [0, 0.1) is 17.2 Å². The first kappa shape index (κ1) is 17.9. The van der Waals surface area contributed by atoms with Crippen LogP contribution in [0.4, 0.5) is 0 Å². The van der Waals surface area contributed by atoms with Gasteiger partial charge in [-0.15, -0.1) is 0 Å². The summed E-state index contributed by atoms with van der Waals surface area (Å²) in [6.07, 6.45) is 1.56. The zero-order chi connectivity index (χ0) is 15.5. The van der Waals surface area contributed by atoms with Gasteiger partial charge in [0.2, 0.25) is 0 Å². The summed E-state index contributed by atoms with van der Waals surface area (Å²) in [6, 6.07) is 0.728. The second-order valence-corrected chi connectivity index (χ2v) is 4.61. The van der Waals surface area contributed by atoms with Crippen LogP contribution in [0.3, 0.4) is 0 Å². The van der Waals surface area contributed by atoms with Crippen molar-refractivity contribution in [1.29, 1.82) is 5.26 Å². The molecule has 0 aromatic rings. The molecule has 0 bridgehead atoms. The Morgan fingerprint density at radius 1 is 1.45 bits per heavy atom. The molecule has 0 heterocycles. The average molecular weight is 283 g/mol. The van der Waals surface area contributed by atoms with Crippen molar-refractivity contribution in [3.05, 3.63) is 11.8 Å². The highest BCUT2D eigenvalue weighted by molar-refractivity contribution is 5.99. The van der Waals surface area contributed by atoms with Crippen molar-refractivity contribution in [2.24, 2.45) is 5.92 Å². The van der Waals surface area contributed by atoms with Gasteiger partial charge in [-0.2, -0.15) is 5.26 Å². The smallest absolute Gasteiger partial charge is 0.326 e. The molecule has 3 N–H and O–H groups in total. The highest BCUT2D eigenvalue weighted by Gasteiger charge is 2.22. The molecule has 1 amide bonds. The predicted octanol–water partition coefficient (Wildman–Crippen LogP) is 0.245. The summed E-state index contributed by atoms with van der Waals surface area (Å²) < 4.78 is 4.80. The number of rotatable bonds is 9. The number of nitrogens with one attached hydrogen (secondary N) is 2. The van der Waals surface area contributed by atoms with Gasteiger partial charge in [0, 0.05) is 19.9 Å². The van der Waals surface area contributed by atoms with Crippen molar-refractivity contribution < 1.29 is 19.4 Å². The van der Waals surface area contributed by atoms with Gasteiger partial charge >= 0.3 is 5.97 Å². The standard InChI is InChI=1S/C13H21N3O4/c1-9(2)6-11(13(18)19)16-12(17)10(7-14)8-15-4-5-20-3/h8-9,11,15H,4-6H2,1-3H3,(H,16,17)(H,18,19)/b10-8-. The van der Waals surface area contributed by atoms with Gasteiger partial charge in [0.1, 0.15) is 17.7 Å². The van der Waals surface area contributed by atoms with Crippen LogP contribution in [0.25, 0.3) is 0 Å².